The number of aliphatic hydroxyl groups is 1. The number of methoxy groups -OCH3 is 2. The van der Waals surface area contributed by atoms with Gasteiger partial charge in [0.25, 0.3) is 0 Å². The van der Waals surface area contributed by atoms with E-state index in [0.717, 1.165) is 40.8 Å². The number of ether oxygens (including phenoxy) is 3. The predicted octanol–water partition coefficient (Wildman–Crippen LogP) is 6.46. The zero-order chi connectivity index (χ0) is 33.5. The maximum absolute atomic E-state index is 12.2. The van der Waals surface area contributed by atoms with Crippen LogP contribution in [0.25, 0.3) is 33.5 Å². The van der Waals surface area contributed by atoms with Gasteiger partial charge in [0, 0.05) is 66.6 Å². The van der Waals surface area contributed by atoms with E-state index in [1.165, 1.54) is 11.1 Å². The van der Waals surface area contributed by atoms with Gasteiger partial charge >= 0.3 is 5.97 Å². The van der Waals surface area contributed by atoms with Gasteiger partial charge in [0.1, 0.15) is 11.4 Å². The van der Waals surface area contributed by atoms with Gasteiger partial charge in [0.05, 0.1) is 54.8 Å². The molecule has 7 rings (SSSR count). The summed E-state index contributed by atoms with van der Waals surface area (Å²) in [6, 6.07) is 16.3. The molecule has 250 valence electrons. The van der Waals surface area contributed by atoms with Crippen LogP contribution in [0.2, 0.25) is 10.0 Å². The van der Waals surface area contributed by atoms with Gasteiger partial charge in [-0.25, -0.2) is 4.98 Å². The molecule has 4 aromatic rings. The van der Waals surface area contributed by atoms with Crippen molar-refractivity contribution in [3.05, 3.63) is 81.6 Å². The molecule has 0 saturated carbocycles. The quantitative estimate of drug-likeness (QED) is 0.188. The van der Waals surface area contributed by atoms with Crippen molar-refractivity contribution in [2.45, 2.75) is 38.5 Å². The summed E-state index contributed by atoms with van der Waals surface area (Å²) in [5, 5.41) is 10.7. The van der Waals surface area contributed by atoms with Crippen LogP contribution in [0.1, 0.15) is 36.2 Å². The molecule has 3 aliphatic rings. The van der Waals surface area contributed by atoms with Crippen LogP contribution in [0, 0.1) is 5.92 Å². The minimum absolute atomic E-state index is 0.0643. The van der Waals surface area contributed by atoms with E-state index in [1.54, 1.807) is 20.4 Å². The Morgan fingerprint density at radius 2 is 1.65 bits per heavy atom. The van der Waals surface area contributed by atoms with Crippen molar-refractivity contribution in [3.8, 4) is 45.1 Å². The zero-order valence-electron chi connectivity index (χ0n) is 27.2. The van der Waals surface area contributed by atoms with Crippen LogP contribution in [0.5, 0.6) is 11.6 Å². The van der Waals surface area contributed by atoms with E-state index in [4.69, 9.17) is 42.4 Å². The molecule has 1 N–H and O–H groups in total. The summed E-state index contributed by atoms with van der Waals surface area (Å²) in [7, 11) is 3.28. The van der Waals surface area contributed by atoms with Crippen molar-refractivity contribution in [2.24, 2.45) is 5.92 Å². The van der Waals surface area contributed by atoms with E-state index >= 15 is 0 Å². The monoisotopic (exact) mass is 688 g/mol. The number of aromatic nitrogens is 2. The molecular formula is C37H38Cl2N4O5. The van der Waals surface area contributed by atoms with Crippen LogP contribution in [-0.2, 0) is 22.5 Å². The van der Waals surface area contributed by atoms with Crippen LogP contribution in [0.15, 0.2) is 54.7 Å². The largest absolute Gasteiger partial charge is 0.496 e. The Balaban J connectivity index is 1.17. The third-order valence-corrected chi connectivity index (χ3v) is 10.4. The maximum Gasteiger partial charge on any atom is 0.311 e. The van der Waals surface area contributed by atoms with Gasteiger partial charge in [-0.3, -0.25) is 19.6 Å². The van der Waals surface area contributed by atoms with E-state index in [1.807, 2.05) is 43.3 Å². The summed E-state index contributed by atoms with van der Waals surface area (Å²) in [6.45, 7) is 5.42. The van der Waals surface area contributed by atoms with Crippen molar-refractivity contribution in [2.75, 3.05) is 47.0 Å². The smallest absolute Gasteiger partial charge is 0.311 e. The molecular weight excluding hydrogens is 651 g/mol. The van der Waals surface area contributed by atoms with Crippen molar-refractivity contribution >= 4 is 29.2 Å². The van der Waals surface area contributed by atoms with Crippen molar-refractivity contribution < 1.29 is 24.1 Å². The first-order chi connectivity index (χ1) is 23.3. The first kappa shape index (κ1) is 32.8. The Kier molecular flexibility index (Phi) is 9.32. The number of halogens is 2. The van der Waals surface area contributed by atoms with Crippen LogP contribution < -0.4 is 9.47 Å². The third-order valence-electron chi connectivity index (χ3n) is 9.63. The highest BCUT2D eigenvalue weighted by Crippen LogP contribution is 2.48. The average Bonchev–Trinajstić information content (AvgIpc) is 3.47. The highest BCUT2D eigenvalue weighted by Gasteiger charge is 2.41. The van der Waals surface area contributed by atoms with Gasteiger partial charge in [0.2, 0.25) is 5.88 Å². The maximum atomic E-state index is 12.2. The van der Waals surface area contributed by atoms with Gasteiger partial charge in [0.15, 0.2) is 0 Å². The summed E-state index contributed by atoms with van der Waals surface area (Å²) in [6.07, 6.45) is 3.30. The first-order valence-corrected chi connectivity index (χ1v) is 17.0. The molecule has 2 saturated heterocycles. The van der Waals surface area contributed by atoms with Crippen LogP contribution >= 0.6 is 23.2 Å². The fourth-order valence-corrected chi connectivity index (χ4v) is 7.82. The number of rotatable bonds is 10. The third kappa shape index (κ3) is 6.03. The number of hydrogen-bond donors (Lipinski definition) is 1. The Morgan fingerprint density at radius 1 is 0.958 bits per heavy atom. The molecule has 0 amide bonds. The summed E-state index contributed by atoms with van der Waals surface area (Å²) in [4.78, 5) is 26.0. The van der Waals surface area contributed by atoms with E-state index in [0.29, 0.717) is 72.2 Å². The molecule has 9 nitrogen and oxygen atoms in total. The summed E-state index contributed by atoms with van der Waals surface area (Å²) >= 11 is 14.3. The van der Waals surface area contributed by atoms with E-state index in [2.05, 4.69) is 26.9 Å². The molecule has 1 unspecified atom stereocenters. The number of fused-ring (bicyclic) bond motifs is 1. The second-order valence-electron chi connectivity index (χ2n) is 12.6. The molecule has 3 aromatic carbocycles. The number of benzene rings is 3. The molecule has 1 atom stereocenters. The number of hydrogen-bond acceptors (Lipinski definition) is 9. The molecule has 11 heteroatoms. The Bertz CT molecular complexity index is 1860. The van der Waals surface area contributed by atoms with E-state index in [9.17, 15) is 9.90 Å². The normalized spacial score (nSPS) is 18.2. The van der Waals surface area contributed by atoms with Crippen molar-refractivity contribution in [3.63, 3.8) is 0 Å². The van der Waals surface area contributed by atoms with Crippen molar-refractivity contribution in [1.29, 1.82) is 0 Å². The molecule has 2 fully saturated rings. The van der Waals surface area contributed by atoms with Gasteiger partial charge < -0.3 is 19.3 Å². The second-order valence-corrected chi connectivity index (χ2v) is 13.4. The lowest BCUT2D eigenvalue weighted by molar-refractivity contribution is -0.155. The minimum atomic E-state index is -0.295. The Labute approximate surface area is 290 Å². The Hall–Kier alpha value is -3.73. The number of esters is 1. The Morgan fingerprint density at radius 3 is 2.31 bits per heavy atom. The molecule has 0 spiro atoms. The van der Waals surface area contributed by atoms with Gasteiger partial charge in [-0.2, -0.15) is 0 Å². The number of β-amino-alcohol motifs (C(OH)–C–C–N with tert-alkyl or cyclic N) is 1. The van der Waals surface area contributed by atoms with Gasteiger partial charge in [-0.05, 0) is 37.0 Å². The SMILES string of the molecule is CCOC(=O)C1CN(C2CCc3cc(-c4cccc(-c5cccc(-c6cnc(CN7CC(O)C7)c(OC)n6)c5Cl)c4Cl)cc(OC)c32)C1. The van der Waals surface area contributed by atoms with Crippen LogP contribution in [0.3, 0.4) is 0 Å². The lowest BCUT2D eigenvalue weighted by atomic mass is 9.92. The second kappa shape index (κ2) is 13.6. The summed E-state index contributed by atoms with van der Waals surface area (Å²) < 4.78 is 16.8. The highest BCUT2D eigenvalue weighted by molar-refractivity contribution is 6.39. The predicted molar refractivity (Wildman–Crippen MR) is 186 cm³/mol. The lowest BCUT2D eigenvalue weighted by Crippen LogP contribution is -2.51. The van der Waals surface area contributed by atoms with E-state index in [-0.39, 0.29) is 24.0 Å². The van der Waals surface area contributed by atoms with Gasteiger partial charge in [-0.15, -0.1) is 0 Å². The van der Waals surface area contributed by atoms with Gasteiger partial charge in [-0.1, -0.05) is 65.7 Å². The molecule has 48 heavy (non-hydrogen) atoms. The number of aliphatic hydroxyl groups excluding tert-OH is 1. The number of nitrogens with zero attached hydrogens (tertiary/aromatic N) is 4. The lowest BCUT2D eigenvalue weighted by Gasteiger charge is -2.42. The van der Waals surface area contributed by atoms with Crippen molar-refractivity contribution in [1.82, 2.24) is 19.8 Å². The first-order valence-electron chi connectivity index (χ1n) is 16.3. The number of carbonyl (C=O) groups is 1. The fraction of sp³-hybridized carbons (Fsp3) is 0.378. The number of aryl methyl sites for hydroxylation is 1. The molecule has 1 aromatic heterocycles. The number of likely N-dealkylation sites (tertiary alicyclic amines) is 2. The van der Waals surface area contributed by atoms with Crippen LogP contribution in [0.4, 0.5) is 0 Å². The molecule has 3 heterocycles. The molecule has 2 aliphatic heterocycles. The average molecular weight is 690 g/mol. The molecule has 0 bridgehead atoms. The standard InChI is InChI=1S/C37H38Cl2N4O5/c1-4-48-37(45)23-16-43(17-23)31-12-11-21-13-22(14-32(46-2)33(21)31)25-7-5-8-26(34(25)38)27-9-6-10-28(35(27)39)29-15-40-30(36(41-29)47-3)20-42-18-24(44)19-42/h5-10,13-15,23-24,31,44H,4,11-12,16-20H2,1-3H3. The molecule has 0 radical (unpaired) electrons. The summed E-state index contributed by atoms with van der Waals surface area (Å²) in [5.41, 5.74) is 7.87. The van der Waals surface area contributed by atoms with Crippen LogP contribution in [-0.4, -0.2) is 84.0 Å². The zero-order valence-corrected chi connectivity index (χ0v) is 28.7. The summed E-state index contributed by atoms with van der Waals surface area (Å²) in [5.74, 6) is 1.08. The topological polar surface area (TPSA) is 97.3 Å². The van der Waals surface area contributed by atoms with E-state index < -0.39 is 0 Å². The highest BCUT2D eigenvalue weighted by atomic mass is 35.5. The fourth-order valence-electron chi connectivity index (χ4n) is 7.15. The number of carbonyl (C=O) groups excluding carboxylic acids is 1. The minimum Gasteiger partial charge on any atom is -0.496 e. The molecule has 1 aliphatic carbocycles.